The van der Waals surface area contributed by atoms with Crippen molar-refractivity contribution in [2.45, 2.75) is 6.92 Å². The highest BCUT2D eigenvalue weighted by Gasteiger charge is 2.17. The summed E-state index contributed by atoms with van der Waals surface area (Å²) < 4.78 is 15.5. The monoisotopic (exact) mass is 297 g/mol. The van der Waals surface area contributed by atoms with Gasteiger partial charge in [0.25, 0.3) is 5.91 Å². The molecule has 88 valence electrons. The van der Waals surface area contributed by atoms with E-state index in [1.54, 1.807) is 19.1 Å². The molecule has 1 heterocycles. The van der Waals surface area contributed by atoms with Crippen LogP contribution in [0.3, 0.4) is 0 Å². The van der Waals surface area contributed by atoms with Gasteiger partial charge in [0.15, 0.2) is 0 Å². The van der Waals surface area contributed by atoms with E-state index in [0.717, 1.165) is 0 Å². The lowest BCUT2D eigenvalue weighted by molar-refractivity contribution is 0.0993. The van der Waals surface area contributed by atoms with Gasteiger partial charge < -0.3 is 5.73 Å². The predicted octanol–water partition coefficient (Wildman–Crippen LogP) is 2.18. The summed E-state index contributed by atoms with van der Waals surface area (Å²) in [5, 5.41) is 4.07. The van der Waals surface area contributed by atoms with Gasteiger partial charge in [-0.3, -0.25) is 4.79 Å². The van der Waals surface area contributed by atoms with Gasteiger partial charge in [-0.25, -0.2) is 9.07 Å². The summed E-state index contributed by atoms with van der Waals surface area (Å²) in [4.78, 5) is 11.3. The molecule has 1 aromatic carbocycles. The molecule has 0 spiro atoms. The quantitative estimate of drug-likeness (QED) is 0.923. The second-order valence-corrected chi connectivity index (χ2v) is 4.37. The van der Waals surface area contributed by atoms with Gasteiger partial charge in [-0.15, -0.1) is 0 Å². The molecule has 2 aromatic rings. The van der Waals surface area contributed by atoms with Crippen molar-refractivity contribution in [3.8, 4) is 5.69 Å². The maximum Gasteiger partial charge on any atom is 0.267 e. The second kappa shape index (κ2) is 4.29. The van der Waals surface area contributed by atoms with E-state index < -0.39 is 11.7 Å². The lowest BCUT2D eigenvalue weighted by atomic mass is 10.3. The lowest BCUT2D eigenvalue weighted by Gasteiger charge is -2.08. The molecule has 0 aliphatic rings. The van der Waals surface area contributed by atoms with E-state index >= 15 is 0 Å². The summed E-state index contributed by atoms with van der Waals surface area (Å²) in [6, 6.07) is 6.03. The number of carbonyl (C=O) groups is 1. The first-order valence-electron chi connectivity index (χ1n) is 4.81. The molecule has 2 rings (SSSR count). The fourth-order valence-corrected chi connectivity index (χ4v) is 2.05. The number of aryl methyl sites for hydroxylation is 1. The van der Waals surface area contributed by atoms with Crippen LogP contribution in [-0.2, 0) is 0 Å². The van der Waals surface area contributed by atoms with Crippen molar-refractivity contribution in [1.29, 1.82) is 0 Å². The smallest absolute Gasteiger partial charge is 0.267 e. The summed E-state index contributed by atoms with van der Waals surface area (Å²) in [5.41, 5.74) is 6.14. The minimum atomic E-state index is -0.652. The Morgan fingerprint density at radius 1 is 1.53 bits per heavy atom. The van der Waals surface area contributed by atoms with E-state index in [-0.39, 0.29) is 11.4 Å². The number of hydrogen-bond donors (Lipinski definition) is 1. The van der Waals surface area contributed by atoms with E-state index in [1.165, 1.54) is 16.8 Å². The van der Waals surface area contributed by atoms with Gasteiger partial charge in [0, 0.05) is 4.47 Å². The Balaban J connectivity index is 2.72. The molecule has 0 unspecified atom stereocenters. The van der Waals surface area contributed by atoms with Crippen LogP contribution < -0.4 is 5.73 Å². The van der Waals surface area contributed by atoms with Crippen molar-refractivity contribution in [3.63, 3.8) is 0 Å². The number of benzene rings is 1. The minimum Gasteiger partial charge on any atom is -0.364 e. The lowest BCUT2D eigenvalue weighted by Crippen LogP contribution is -2.17. The molecular formula is C11H9BrFN3O. The first kappa shape index (κ1) is 11.8. The molecular weight excluding hydrogens is 289 g/mol. The first-order valence-corrected chi connectivity index (χ1v) is 5.61. The van der Waals surface area contributed by atoms with Crippen molar-refractivity contribution in [2.24, 2.45) is 5.73 Å². The molecule has 0 aliphatic heterocycles. The summed E-state index contributed by atoms with van der Waals surface area (Å²) in [5.74, 6) is -1.13. The molecule has 1 amide bonds. The molecule has 0 atom stereocenters. The summed E-state index contributed by atoms with van der Waals surface area (Å²) in [6.07, 6.45) is 0. The Hall–Kier alpha value is -1.69. The third-order valence-electron chi connectivity index (χ3n) is 2.23. The third kappa shape index (κ3) is 2.08. The Morgan fingerprint density at radius 2 is 2.24 bits per heavy atom. The number of rotatable bonds is 2. The highest BCUT2D eigenvalue weighted by atomic mass is 79.9. The molecule has 6 heteroatoms. The minimum absolute atomic E-state index is 0.147. The molecule has 0 bridgehead atoms. The summed E-state index contributed by atoms with van der Waals surface area (Å²) in [6.45, 7) is 1.71. The summed E-state index contributed by atoms with van der Waals surface area (Å²) >= 11 is 3.22. The standard InChI is InChI=1S/C11H9BrFN3O/c1-6-5-9(11(14)17)16(15-6)10-7(12)3-2-4-8(10)13/h2-5H,1H3,(H2,14,17). The van der Waals surface area contributed by atoms with Crippen LogP contribution in [0.4, 0.5) is 4.39 Å². The molecule has 0 fully saturated rings. The van der Waals surface area contributed by atoms with Gasteiger partial charge in [-0.2, -0.15) is 5.10 Å². The zero-order valence-electron chi connectivity index (χ0n) is 8.95. The highest BCUT2D eigenvalue weighted by Crippen LogP contribution is 2.25. The average molecular weight is 298 g/mol. The molecule has 0 radical (unpaired) electrons. The largest absolute Gasteiger partial charge is 0.364 e. The maximum absolute atomic E-state index is 13.7. The van der Waals surface area contributed by atoms with Gasteiger partial charge in [0.05, 0.1) is 5.69 Å². The number of primary amides is 1. The van der Waals surface area contributed by atoms with Crippen LogP contribution in [0.2, 0.25) is 0 Å². The first-order chi connectivity index (χ1) is 8.00. The highest BCUT2D eigenvalue weighted by molar-refractivity contribution is 9.10. The van der Waals surface area contributed by atoms with Gasteiger partial charge in [-0.1, -0.05) is 6.07 Å². The molecule has 17 heavy (non-hydrogen) atoms. The van der Waals surface area contributed by atoms with Crippen LogP contribution in [0.5, 0.6) is 0 Å². The number of para-hydroxylation sites is 1. The Morgan fingerprint density at radius 3 is 2.82 bits per heavy atom. The van der Waals surface area contributed by atoms with Crippen LogP contribution in [-0.4, -0.2) is 15.7 Å². The van der Waals surface area contributed by atoms with Crippen molar-refractivity contribution in [2.75, 3.05) is 0 Å². The van der Waals surface area contributed by atoms with Gasteiger partial charge in [0.2, 0.25) is 0 Å². The van der Waals surface area contributed by atoms with Crippen molar-refractivity contribution in [3.05, 3.63) is 45.9 Å². The van der Waals surface area contributed by atoms with E-state index in [2.05, 4.69) is 21.0 Å². The third-order valence-corrected chi connectivity index (χ3v) is 2.87. The zero-order chi connectivity index (χ0) is 12.6. The summed E-state index contributed by atoms with van der Waals surface area (Å²) in [7, 11) is 0. The number of amides is 1. The fourth-order valence-electron chi connectivity index (χ4n) is 1.54. The topological polar surface area (TPSA) is 60.9 Å². The number of aromatic nitrogens is 2. The van der Waals surface area contributed by atoms with Crippen LogP contribution >= 0.6 is 15.9 Å². The van der Waals surface area contributed by atoms with Gasteiger partial charge in [0.1, 0.15) is 17.2 Å². The predicted molar refractivity (Wildman–Crippen MR) is 64.5 cm³/mol. The van der Waals surface area contributed by atoms with Crippen LogP contribution in [0.25, 0.3) is 5.69 Å². The molecule has 4 nitrogen and oxygen atoms in total. The molecule has 2 N–H and O–H groups in total. The Kier molecular flexibility index (Phi) is 2.97. The van der Waals surface area contributed by atoms with Crippen molar-refractivity contribution >= 4 is 21.8 Å². The fraction of sp³-hybridized carbons (Fsp3) is 0.0909. The van der Waals surface area contributed by atoms with Crippen LogP contribution in [0, 0.1) is 12.7 Å². The molecule has 0 saturated heterocycles. The van der Waals surface area contributed by atoms with Crippen LogP contribution in [0.1, 0.15) is 16.2 Å². The number of nitrogens with two attached hydrogens (primary N) is 1. The molecule has 0 saturated carbocycles. The van der Waals surface area contributed by atoms with E-state index in [0.29, 0.717) is 10.2 Å². The second-order valence-electron chi connectivity index (χ2n) is 3.52. The molecule has 0 aliphatic carbocycles. The number of halogens is 2. The van der Waals surface area contributed by atoms with Gasteiger partial charge in [-0.05, 0) is 41.1 Å². The number of carbonyl (C=O) groups excluding carboxylic acids is 1. The Labute approximate surface area is 105 Å². The van der Waals surface area contributed by atoms with Crippen molar-refractivity contribution in [1.82, 2.24) is 9.78 Å². The van der Waals surface area contributed by atoms with Gasteiger partial charge >= 0.3 is 0 Å². The van der Waals surface area contributed by atoms with Crippen molar-refractivity contribution < 1.29 is 9.18 Å². The normalized spacial score (nSPS) is 10.5. The zero-order valence-corrected chi connectivity index (χ0v) is 10.5. The number of nitrogens with zero attached hydrogens (tertiary/aromatic N) is 2. The SMILES string of the molecule is Cc1cc(C(N)=O)n(-c2c(F)cccc2Br)n1. The molecule has 1 aromatic heterocycles. The Bertz CT molecular complexity index is 574. The van der Waals surface area contributed by atoms with E-state index in [1.807, 2.05) is 0 Å². The maximum atomic E-state index is 13.7. The average Bonchev–Trinajstić information content (AvgIpc) is 2.60. The van der Waals surface area contributed by atoms with Crippen LogP contribution in [0.15, 0.2) is 28.7 Å². The van der Waals surface area contributed by atoms with E-state index in [9.17, 15) is 9.18 Å². The number of hydrogen-bond acceptors (Lipinski definition) is 2. The van der Waals surface area contributed by atoms with E-state index in [4.69, 9.17) is 5.73 Å².